The van der Waals surface area contributed by atoms with Crippen molar-refractivity contribution in [3.05, 3.63) is 17.6 Å². The second-order valence-electron chi connectivity index (χ2n) is 2.81. The van der Waals surface area contributed by atoms with Gasteiger partial charge in [-0.3, -0.25) is 4.68 Å². The standard InChI is InChI=1S/C8H9ClN4O/c1-2-5-13-6(3-4-10-13)7-11-8(9)14-12-7/h3-4H,2,5H2,1H3. The Morgan fingerprint density at radius 1 is 1.57 bits per heavy atom. The van der Waals surface area contributed by atoms with Crippen LogP contribution in [0.3, 0.4) is 0 Å². The van der Waals surface area contributed by atoms with Crippen LogP contribution in [-0.4, -0.2) is 19.9 Å². The second kappa shape index (κ2) is 3.79. The molecule has 0 amide bonds. The number of halogens is 1. The minimum Gasteiger partial charge on any atom is -0.321 e. The monoisotopic (exact) mass is 212 g/mol. The molecule has 0 unspecified atom stereocenters. The molecule has 0 aliphatic carbocycles. The second-order valence-corrected chi connectivity index (χ2v) is 3.13. The number of rotatable bonds is 3. The molecule has 0 aliphatic rings. The maximum Gasteiger partial charge on any atom is 0.320 e. The molecule has 0 atom stereocenters. The molecule has 74 valence electrons. The van der Waals surface area contributed by atoms with Gasteiger partial charge in [0.2, 0.25) is 5.82 Å². The lowest BCUT2D eigenvalue weighted by Gasteiger charge is -2.00. The summed E-state index contributed by atoms with van der Waals surface area (Å²) in [5.41, 5.74) is 0.822. The number of aryl methyl sites for hydroxylation is 1. The lowest BCUT2D eigenvalue weighted by Crippen LogP contribution is -2.01. The van der Waals surface area contributed by atoms with E-state index in [1.54, 1.807) is 6.20 Å². The molecular formula is C8H9ClN4O. The van der Waals surface area contributed by atoms with Gasteiger partial charge in [0, 0.05) is 12.7 Å². The molecule has 0 bridgehead atoms. The molecule has 0 aliphatic heterocycles. The van der Waals surface area contributed by atoms with Gasteiger partial charge in [0.1, 0.15) is 5.69 Å². The normalized spacial score (nSPS) is 10.7. The van der Waals surface area contributed by atoms with Crippen molar-refractivity contribution in [3.8, 4) is 11.5 Å². The highest BCUT2D eigenvalue weighted by molar-refractivity contribution is 6.27. The molecular weight excluding hydrogens is 204 g/mol. The average Bonchev–Trinajstić information content (AvgIpc) is 2.74. The Morgan fingerprint density at radius 3 is 3.07 bits per heavy atom. The molecule has 0 radical (unpaired) electrons. The molecule has 2 aromatic heterocycles. The van der Waals surface area contributed by atoms with Gasteiger partial charge in [0.05, 0.1) is 0 Å². The van der Waals surface area contributed by atoms with Crippen LogP contribution in [0.15, 0.2) is 16.8 Å². The van der Waals surface area contributed by atoms with Crippen LogP contribution in [0.25, 0.3) is 11.5 Å². The van der Waals surface area contributed by atoms with Gasteiger partial charge in [0.25, 0.3) is 0 Å². The average molecular weight is 213 g/mol. The molecule has 0 saturated heterocycles. The van der Waals surface area contributed by atoms with E-state index < -0.39 is 0 Å². The molecule has 0 saturated carbocycles. The van der Waals surface area contributed by atoms with Gasteiger partial charge in [-0.15, -0.1) is 0 Å². The summed E-state index contributed by atoms with van der Waals surface area (Å²) in [6, 6.07) is 1.83. The molecule has 0 N–H and O–H groups in total. The fourth-order valence-corrected chi connectivity index (χ4v) is 1.34. The Bertz CT molecular complexity index is 422. The summed E-state index contributed by atoms with van der Waals surface area (Å²) in [5.74, 6) is 0.473. The Balaban J connectivity index is 2.36. The van der Waals surface area contributed by atoms with Crippen molar-refractivity contribution in [2.75, 3.05) is 0 Å². The summed E-state index contributed by atoms with van der Waals surface area (Å²) in [7, 11) is 0. The summed E-state index contributed by atoms with van der Waals surface area (Å²) in [6.45, 7) is 2.91. The maximum atomic E-state index is 5.54. The predicted molar refractivity (Wildman–Crippen MR) is 50.8 cm³/mol. The van der Waals surface area contributed by atoms with Crippen LogP contribution in [0, 0.1) is 0 Å². The van der Waals surface area contributed by atoms with E-state index in [0.29, 0.717) is 5.82 Å². The quantitative estimate of drug-likeness (QED) is 0.781. The highest BCUT2D eigenvalue weighted by Gasteiger charge is 2.11. The number of hydrogen-bond donors (Lipinski definition) is 0. The number of hydrogen-bond acceptors (Lipinski definition) is 4. The summed E-state index contributed by atoms with van der Waals surface area (Å²) < 4.78 is 6.51. The van der Waals surface area contributed by atoms with E-state index in [4.69, 9.17) is 11.6 Å². The molecule has 14 heavy (non-hydrogen) atoms. The topological polar surface area (TPSA) is 56.7 Å². The molecule has 5 nitrogen and oxygen atoms in total. The first-order valence-electron chi connectivity index (χ1n) is 4.32. The first-order valence-corrected chi connectivity index (χ1v) is 4.70. The van der Waals surface area contributed by atoms with Crippen molar-refractivity contribution in [3.63, 3.8) is 0 Å². The smallest absolute Gasteiger partial charge is 0.320 e. The first-order chi connectivity index (χ1) is 6.81. The van der Waals surface area contributed by atoms with Gasteiger partial charge in [-0.1, -0.05) is 12.1 Å². The van der Waals surface area contributed by atoms with E-state index in [9.17, 15) is 0 Å². The molecule has 0 aromatic carbocycles. The van der Waals surface area contributed by atoms with E-state index in [1.165, 1.54) is 0 Å². The van der Waals surface area contributed by atoms with Gasteiger partial charge in [-0.05, 0) is 24.1 Å². The van der Waals surface area contributed by atoms with E-state index in [-0.39, 0.29) is 5.35 Å². The van der Waals surface area contributed by atoms with Crippen molar-refractivity contribution in [2.24, 2.45) is 0 Å². The van der Waals surface area contributed by atoms with Crippen molar-refractivity contribution >= 4 is 11.6 Å². The van der Waals surface area contributed by atoms with Gasteiger partial charge < -0.3 is 4.52 Å². The van der Waals surface area contributed by atoms with Crippen LogP contribution in [0.4, 0.5) is 0 Å². The maximum absolute atomic E-state index is 5.54. The van der Waals surface area contributed by atoms with Gasteiger partial charge >= 0.3 is 5.35 Å². The van der Waals surface area contributed by atoms with Crippen LogP contribution in [0.1, 0.15) is 13.3 Å². The van der Waals surface area contributed by atoms with Crippen molar-refractivity contribution in [2.45, 2.75) is 19.9 Å². The molecule has 0 spiro atoms. The van der Waals surface area contributed by atoms with Crippen molar-refractivity contribution < 1.29 is 4.52 Å². The minimum absolute atomic E-state index is 0.0456. The van der Waals surface area contributed by atoms with Gasteiger partial charge in [0.15, 0.2) is 0 Å². The lowest BCUT2D eigenvalue weighted by molar-refractivity contribution is 0.420. The van der Waals surface area contributed by atoms with Gasteiger partial charge in [-0.2, -0.15) is 10.1 Å². The largest absolute Gasteiger partial charge is 0.321 e. The third-order valence-electron chi connectivity index (χ3n) is 1.78. The first kappa shape index (κ1) is 9.21. The fraction of sp³-hybridized carbons (Fsp3) is 0.375. The molecule has 2 aromatic rings. The van der Waals surface area contributed by atoms with Crippen LogP contribution in [-0.2, 0) is 6.54 Å². The van der Waals surface area contributed by atoms with E-state index in [2.05, 4.69) is 26.7 Å². The highest BCUT2D eigenvalue weighted by Crippen LogP contribution is 2.17. The van der Waals surface area contributed by atoms with E-state index >= 15 is 0 Å². The zero-order chi connectivity index (χ0) is 9.97. The summed E-state index contributed by atoms with van der Waals surface area (Å²) in [5, 5.41) is 7.91. The number of aromatic nitrogens is 4. The summed E-state index contributed by atoms with van der Waals surface area (Å²) in [4.78, 5) is 3.92. The summed E-state index contributed by atoms with van der Waals surface area (Å²) >= 11 is 5.54. The van der Waals surface area contributed by atoms with Gasteiger partial charge in [-0.25, -0.2) is 0 Å². The SMILES string of the molecule is CCCn1nccc1-c1noc(Cl)n1. The van der Waals surface area contributed by atoms with Crippen LogP contribution in [0.2, 0.25) is 5.35 Å². The Kier molecular flexibility index (Phi) is 2.49. The predicted octanol–water partition coefficient (Wildman–Crippen LogP) is 2.00. The Hall–Kier alpha value is -1.36. The van der Waals surface area contributed by atoms with E-state index in [0.717, 1.165) is 18.7 Å². The van der Waals surface area contributed by atoms with Crippen molar-refractivity contribution in [1.29, 1.82) is 0 Å². The highest BCUT2D eigenvalue weighted by atomic mass is 35.5. The fourth-order valence-electron chi connectivity index (χ4n) is 1.22. The third-order valence-corrected chi connectivity index (χ3v) is 1.94. The third kappa shape index (κ3) is 1.63. The Labute approximate surface area is 85.7 Å². The van der Waals surface area contributed by atoms with Crippen LogP contribution < -0.4 is 0 Å². The molecule has 2 heterocycles. The summed E-state index contributed by atoms with van der Waals surface area (Å²) in [6.07, 6.45) is 2.70. The van der Waals surface area contributed by atoms with Crippen molar-refractivity contribution in [1.82, 2.24) is 19.9 Å². The lowest BCUT2D eigenvalue weighted by atomic mass is 10.4. The number of nitrogens with zero attached hydrogens (tertiary/aromatic N) is 4. The molecule has 2 rings (SSSR count). The van der Waals surface area contributed by atoms with E-state index in [1.807, 2.05) is 10.7 Å². The molecule has 6 heteroatoms. The molecule has 0 fully saturated rings. The Morgan fingerprint density at radius 2 is 2.43 bits per heavy atom. The van der Waals surface area contributed by atoms with Crippen LogP contribution in [0.5, 0.6) is 0 Å². The zero-order valence-electron chi connectivity index (χ0n) is 7.64. The van der Waals surface area contributed by atoms with Crippen LogP contribution >= 0.6 is 11.6 Å². The zero-order valence-corrected chi connectivity index (χ0v) is 8.40. The minimum atomic E-state index is 0.0456.